The third kappa shape index (κ3) is 12.7. The van der Waals surface area contributed by atoms with Crippen LogP contribution in [0.1, 0.15) is 50.8 Å². The molecule has 3 aromatic rings. The van der Waals surface area contributed by atoms with Crippen LogP contribution in [-0.2, 0) is 11.3 Å². The Morgan fingerprint density at radius 3 is 2.19 bits per heavy atom. The Kier molecular flexibility index (Phi) is 16.4. The van der Waals surface area contributed by atoms with Gasteiger partial charge in [-0.2, -0.15) is 0 Å². The smallest absolute Gasteiger partial charge is 0.166 e. The largest absolute Gasteiger partial charge is 0.501 e. The summed E-state index contributed by atoms with van der Waals surface area (Å²) in [6.07, 6.45) is 10.0. The highest BCUT2D eigenvalue weighted by Gasteiger charge is 2.06. The number of methoxy groups -OCH3 is 1. The van der Waals surface area contributed by atoms with Crippen LogP contribution in [-0.4, -0.2) is 25.4 Å². The summed E-state index contributed by atoms with van der Waals surface area (Å²) in [6, 6.07) is 16.0. The molecule has 1 aromatic heterocycles. The van der Waals surface area contributed by atoms with Gasteiger partial charge in [-0.3, -0.25) is 9.98 Å². The van der Waals surface area contributed by atoms with E-state index in [9.17, 15) is 8.78 Å². The summed E-state index contributed by atoms with van der Waals surface area (Å²) in [7, 11) is 3.43. The lowest BCUT2D eigenvalue weighted by Crippen LogP contribution is -1.95. The number of nitrogens with zero attached hydrogens (tertiary/aromatic N) is 2. The van der Waals surface area contributed by atoms with Gasteiger partial charge in [0.05, 0.1) is 19.1 Å². The van der Waals surface area contributed by atoms with Crippen molar-refractivity contribution in [3.8, 4) is 5.75 Å². The number of pyridine rings is 1. The Labute approximate surface area is 250 Å². The van der Waals surface area contributed by atoms with Gasteiger partial charge in [-0.05, 0) is 78.5 Å². The molecule has 6 heteroatoms. The van der Waals surface area contributed by atoms with E-state index in [0.29, 0.717) is 12.2 Å². The average molecular weight is 573 g/mol. The zero-order valence-corrected chi connectivity index (χ0v) is 25.6. The van der Waals surface area contributed by atoms with Crippen LogP contribution < -0.4 is 4.74 Å². The Bertz CT molecular complexity index is 1380. The molecular formula is C36H42F2N2O2. The highest BCUT2D eigenvalue weighted by molar-refractivity contribution is 5.83. The molecule has 2 aromatic carbocycles. The summed E-state index contributed by atoms with van der Waals surface area (Å²) >= 11 is 0. The van der Waals surface area contributed by atoms with Crippen LogP contribution >= 0.6 is 0 Å². The molecule has 222 valence electrons. The molecule has 0 aliphatic heterocycles. The fourth-order valence-corrected chi connectivity index (χ4v) is 3.27. The number of rotatable bonds is 10. The van der Waals surface area contributed by atoms with Gasteiger partial charge in [0.2, 0.25) is 0 Å². The van der Waals surface area contributed by atoms with Crippen LogP contribution in [0.5, 0.6) is 5.75 Å². The molecule has 0 N–H and O–H groups in total. The van der Waals surface area contributed by atoms with Gasteiger partial charge >= 0.3 is 0 Å². The zero-order valence-electron chi connectivity index (χ0n) is 25.6. The number of allylic oxidation sites excluding steroid dienone is 7. The molecule has 1 heterocycles. The van der Waals surface area contributed by atoms with Crippen molar-refractivity contribution in [2.45, 2.75) is 40.7 Å². The van der Waals surface area contributed by atoms with Crippen molar-refractivity contribution >= 4 is 17.4 Å². The van der Waals surface area contributed by atoms with Crippen molar-refractivity contribution < 1.29 is 18.3 Å². The number of halogens is 2. The quantitative estimate of drug-likeness (QED) is 0.138. The standard InChI is InChI=1S/C19H21NO2.C9H8F2.C8H13N/c1-4-18(21-3)12-15(2)17-9-7-16(8-10-17)14-22-19-6-5-11-20-13-19;1-6(2)7-4-3-5-8(10)9(7)11;1-5-7(2)8(3)6-9-4/h5-13H,2,4,14H2,1,3H3;3-5H,1H2,2H3;5-6H,3H2,1-2,4H3/b18-12-;;7-5-,9-6?. The number of aliphatic imine (C=N–C) groups is 1. The predicted molar refractivity (Wildman–Crippen MR) is 173 cm³/mol. The number of aromatic nitrogens is 1. The van der Waals surface area contributed by atoms with E-state index in [0.717, 1.165) is 46.3 Å². The first kappa shape index (κ1) is 35.4. The normalized spacial score (nSPS) is 11.0. The summed E-state index contributed by atoms with van der Waals surface area (Å²) in [6.45, 7) is 19.6. The third-order valence-corrected chi connectivity index (χ3v) is 5.95. The highest BCUT2D eigenvalue weighted by atomic mass is 19.2. The number of ether oxygens (including phenoxy) is 2. The van der Waals surface area contributed by atoms with Gasteiger partial charge in [-0.25, -0.2) is 8.78 Å². The Hall–Kier alpha value is -4.58. The second kappa shape index (κ2) is 19.5. The van der Waals surface area contributed by atoms with Crippen molar-refractivity contribution in [1.29, 1.82) is 0 Å². The number of hydrogen-bond acceptors (Lipinski definition) is 4. The van der Waals surface area contributed by atoms with Gasteiger partial charge in [-0.1, -0.05) is 69.1 Å². The fraction of sp³-hybridized carbons (Fsp3) is 0.222. The van der Waals surface area contributed by atoms with Gasteiger partial charge in [0.1, 0.15) is 12.4 Å². The molecule has 0 unspecified atom stereocenters. The van der Waals surface area contributed by atoms with Crippen molar-refractivity contribution in [3.05, 3.63) is 144 Å². The third-order valence-electron chi connectivity index (χ3n) is 5.95. The molecule has 0 bridgehead atoms. The average Bonchev–Trinajstić information content (AvgIpc) is 3.01. The first-order valence-corrected chi connectivity index (χ1v) is 13.5. The van der Waals surface area contributed by atoms with E-state index in [4.69, 9.17) is 9.47 Å². The number of hydrogen-bond donors (Lipinski definition) is 0. The summed E-state index contributed by atoms with van der Waals surface area (Å²) < 4.78 is 36.3. The maximum Gasteiger partial charge on any atom is 0.166 e. The first-order valence-electron chi connectivity index (χ1n) is 13.5. The van der Waals surface area contributed by atoms with E-state index in [1.54, 1.807) is 39.7 Å². The van der Waals surface area contributed by atoms with E-state index < -0.39 is 11.6 Å². The van der Waals surface area contributed by atoms with E-state index in [1.807, 2.05) is 62.4 Å². The highest BCUT2D eigenvalue weighted by Crippen LogP contribution is 2.19. The van der Waals surface area contributed by atoms with Crippen LogP contribution in [0.2, 0.25) is 0 Å². The second-order valence-electron chi connectivity index (χ2n) is 9.13. The molecule has 0 amide bonds. The van der Waals surface area contributed by atoms with Crippen molar-refractivity contribution in [2.75, 3.05) is 14.2 Å². The minimum Gasteiger partial charge on any atom is -0.501 e. The molecule has 3 rings (SSSR count). The lowest BCUT2D eigenvalue weighted by Gasteiger charge is -2.08. The molecule has 0 aliphatic rings. The van der Waals surface area contributed by atoms with Crippen LogP contribution in [0.3, 0.4) is 0 Å². The monoisotopic (exact) mass is 572 g/mol. The molecule has 0 saturated carbocycles. The zero-order chi connectivity index (χ0) is 31.5. The molecule has 0 saturated heterocycles. The first-order chi connectivity index (χ1) is 20.1. The number of benzene rings is 2. The minimum absolute atomic E-state index is 0.241. The van der Waals surface area contributed by atoms with Gasteiger partial charge in [0.15, 0.2) is 11.6 Å². The molecule has 42 heavy (non-hydrogen) atoms. The van der Waals surface area contributed by atoms with E-state index in [-0.39, 0.29) is 5.56 Å². The molecule has 0 fully saturated rings. The molecule has 0 aliphatic carbocycles. The van der Waals surface area contributed by atoms with Crippen LogP contribution in [0.25, 0.3) is 11.1 Å². The van der Waals surface area contributed by atoms with Crippen molar-refractivity contribution in [3.63, 3.8) is 0 Å². The Morgan fingerprint density at radius 2 is 1.69 bits per heavy atom. The van der Waals surface area contributed by atoms with E-state index >= 15 is 0 Å². The Balaban J connectivity index is 0.000000367. The summed E-state index contributed by atoms with van der Waals surface area (Å²) in [5.41, 5.74) is 6.06. The molecule has 0 spiro atoms. The van der Waals surface area contributed by atoms with E-state index in [2.05, 4.69) is 36.6 Å². The van der Waals surface area contributed by atoms with Gasteiger partial charge < -0.3 is 9.47 Å². The molecule has 4 nitrogen and oxygen atoms in total. The van der Waals surface area contributed by atoms with Crippen molar-refractivity contribution in [1.82, 2.24) is 4.98 Å². The fourth-order valence-electron chi connectivity index (χ4n) is 3.27. The van der Waals surface area contributed by atoms with E-state index in [1.165, 1.54) is 17.7 Å². The van der Waals surface area contributed by atoms with Gasteiger partial charge in [0, 0.05) is 31.4 Å². The second-order valence-corrected chi connectivity index (χ2v) is 9.13. The SMILES string of the molecule is C=C(/C=C(/CC)OC)c1ccc(COc2cccnc2)cc1.C=C(C)c1cccc(F)c1F.C=C(C=NC)/C(C)=C\C. The van der Waals surface area contributed by atoms with Crippen LogP contribution in [0.4, 0.5) is 8.78 Å². The molecule has 0 radical (unpaired) electrons. The summed E-state index contributed by atoms with van der Waals surface area (Å²) in [4.78, 5) is 7.86. The lowest BCUT2D eigenvalue weighted by molar-refractivity contribution is 0.281. The van der Waals surface area contributed by atoms with Gasteiger partial charge in [-0.15, -0.1) is 0 Å². The summed E-state index contributed by atoms with van der Waals surface area (Å²) in [5.74, 6) is 0.0473. The van der Waals surface area contributed by atoms with Crippen LogP contribution in [0.15, 0.2) is 121 Å². The van der Waals surface area contributed by atoms with Crippen LogP contribution in [0, 0.1) is 11.6 Å². The maximum absolute atomic E-state index is 12.8. The minimum atomic E-state index is -0.828. The molecule has 0 atom stereocenters. The lowest BCUT2D eigenvalue weighted by atomic mass is 10.0. The predicted octanol–water partition coefficient (Wildman–Crippen LogP) is 9.82. The Morgan fingerprint density at radius 1 is 1.00 bits per heavy atom. The topological polar surface area (TPSA) is 43.7 Å². The molecular weight excluding hydrogens is 530 g/mol. The van der Waals surface area contributed by atoms with Gasteiger partial charge in [0.25, 0.3) is 0 Å². The summed E-state index contributed by atoms with van der Waals surface area (Å²) in [5, 5.41) is 0. The van der Waals surface area contributed by atoms with Crippen molar-refractivity contribution in [2.24, 2.45) is 4.99 Å². The maximum atomic E-state index is 12.8.